The van der Waals surface area contributed by atoms with Crippen LogP contribution in [0.25, 0.3) is 0 Å². The van der Waals surface area contributed by atoms with Gasteiger partial charge in [0.05, 0.1) is 0 Å². The highest BCUT2D eigenvalue weighted by atomic mass is 16.2. The number of imide groups is 1. The summed E-state index contributed by atoms with van der Waals surface area (Å²) in [6.45, 7) is 7.74. The van der Waals surface area contributed by atoms with Crippen molar-refractivity contribution < 1.29 is 24.0 Å². The average Bonchev–Trinajstić information content (AvgIpc) is 3.02. The van der Waals surface area contributed by atoms with Gasteiger partial charge in [0.25, 0.3) is 11.8 Å². The third-order valence-corrected chi connectivity index (χ3v) is 5.38. The summed E-state index contributed by atoms with van der Waals surface area (Å²) in [7, 11) is 3.12. The van der Waals surface area contributed by atoms with Crippen molar-refractivity contribution >= 4 is 29.5 Å². The van der Waals surface area contributed by atoms with Gasteiger partial charge < -0.3 is 15.5 Å². The first kappa shape index (κ1) is 26.3. The molecule has 0 radical (unpaired) electrons. The van der Waals surface area contributed by atoms with Gasteiger partial charge in [-0.25, -0.2) is 0 Å². The van der Waals surface area contributed by atoms with Crippen LogP contribution in [0.5, 0.6) is 0 Å². The summed E-state index contributed by atoms with van der Waals surface area (Å²) >= 11 is 0. The van der Waals surface area contributed by atoms with E-state index >= 15 is 0 Å². The van der Waals surface area contributed by atoms with Crippen molar-refractivity contribution in [1.29, 1.82) is 0 Å². The zero-order valence-corrected chi connectivity index (χ0v) is 19.4. The van der Waals surface area contributed by atoms with Gasteiger partial charge in [0, 0.05) is 39.2 Å². The van der Waals surface area contributed by atoms with Crippen molar-refractivity contribution in [2.75, 3.05) is 20.6 Å². The molecule has 1 rings (SSSR count). The fourth-order valence-electron chi connectivity index (χ4n) is 3.56. The van der Waals surface area contributed by atoms with Crippen molar-refractivity contribution in [3.05, 3.63) is 12.2 Å². The van der Waals surface area contributed by atoms with E-state index in [4.69, 9.17) is 0 Å². The van der Waals surface area contributed by atoms with E-state index in [2.05, 4.69) is 10.6 Å². The summed E-state index contributed by atoms with van der Waals surface area (Å²) in [6.07, 6.45) is 4.66. The molecule has 0 bridgehead atoms. The van der Waals surface area contributed by atoms with Gasteiger partial charge in [0.1, 0.15) is 12.1 Å². The number of unbranched alkanes of at least 4 members (excludes halogenated alkanes) is 2. The minimum Gasteiger partial charge on any atom is -0.357 e. The lowest BCUT2D eigenvalue weighted by atomic mass is 9.98. The smallest absolute Gasteiger partial charge is 0.253 e. The minimum absolute atomic E-state index is 0.0951. The quantitative estimate of drug-likeness (QED) is 0.347. The molecule has 2 N–H and O–H groups in total. The molecule has 5 amide bonds. The van der Waals surface area contributed by atoms with Gasteiger partial charge in [0.2, 0.25) is 17.7 Å². The third kappa shape index (κ3) is 7.48. The molecule has 0 aliphatic carbocycles. The molecule has 2 atom stereocenters. The van der Waals surface area contributed by atoms with Gasteiger partial charge >= 0.3 is 0 Å². The Morgan fingerprint density at radius 3 is 2.00 bits per heavy atom. The van der Waals surface area contributed by atoms with Gasteiger partial charge in [-0.15, -0.1) is 0 Å². The number of nitrogens with one attached hydrogen (secondary N) is 2. The molecule has 1 aliphatic rings. The van der Waals surface area contributed by atoms with E-state index < -0.39 is 12.1 Å². The van der Waals surface area contributed by atoms with Gasteiger partial charge in [-0.1, -0.05) is 34.1 Å². The molecule has 0 spiro atoms. The fraction of sp³-hybridized carbons (Fsp3) is 0.682. The van der Waals surface area contributed by atoms with E-state index in [0.29, 0.717) is 25.8 Å². The van der Waals surface area contributed by atoms with E-state index in [1.807, 2.05) is 27.7 Å². The normalized spacial score (nSPS) is 15.4. The Hall–Kier alpha value is -2.71. The van der Waals surface area contributed by atoms with Crippen LogP contribution in [0.4, 0.5) is 0 Å². The molecule has 1 heterocycles. The lowest BCUT2D eigenvalue weighted by Crippen LogP contribution is -2.56. The Morgan fingerprint density at radius 2 is 1.52 bits per heavy atom. The number of rotatable bonds is 12. The van der Waals surface area contributed by atoms with Crippen LogP contribution < -0.4 is 10.6 Å². The third-order valence-electron chi connectivity index (χ3n) is 5.38. The Kier molecular flexibility index (Phi) is 10.4. The van der Waals surface area contributed by atoms with E-state index in [-0.39, 0.29) is 47.8 Å². The van der Waals surface area contributed by atoms with E-state index in [1.54, 1.807) is 7.05 Å². The van der Waals surface area contributed by atoms with Crippen molar-refractivity contribution in [2.45, 2.75) is 65.5 Å². The SMILES string of the molecule is CNC(=O)[C@@H](NC(=O)[C@H](C(C)C)N(C)C(=O)CCCCCN1C(=O)C=CC1=O)C(C)C. The average molecular weight is 437 g/mol. The van der Waals surface area contributed by atoms with Gasteiger partial charge in [-0.05, 0) is 24.7 Å². The zero-order valence-electron chi connectivity index (χ0n) is 19.4. The Balaban J connectivity index is 2.57. The van der Waals surface area contributed by atoms with Crippen molar-refractivity contribution in [3.8, 4) is 0 Å². The first-order valence-corrected chi connectivity index (χ1v) is 10.8. The number of hydrogen-bond donors (Lipinski definition) is 2. The van der Waals surface area contributed by atoms with E-state index in [9.17, 15) is 24.0 Å². The van der Waals surface area contributed by atoms with Crippen LogP contribution in [0.1, 0.15) is 53.4 Å². The number of nitrogens with zero attached hydrogens (tertiary/aromatic N) is 2. The second-order valence-corrected chi connectivity index (χ2v) is 8.51. The van der Waals surface area contributed by atoms with Crippen LogP contribution >= 0.6 is 0 Å². The minimum atomic E-state index is -0.690. The summed E-state index contributed by atoms with van der Waals surface area (Å²) < 4.78 is 0. The standard InChI is InChI=1S/C22H36N4O5/c1-14(2)19(21(30)23-5)24-22(31)20(15(3)4)25(6)16(27)10-8-7-9-13-26-17(28)11-12-18(26)29/h11-12,14-15,19-20H,7-10,13H2,1-6H3,(H,23,30)(H,24,31)/t19-,20-/m0/s1. The number of carbonyl (C=O) groups is 5. The fourth-order valence-corrected chi connectivity index (χ4v) is 3.56. The molecule has 0 aromatic heterocycles. The molecule has 9 heteroatoms. The second-order valence-electron chi connectivity index (χ2n) is 8.51. The summed E-state index contributed by atoms with van der Waals surface area (Å²) in [5.74, 6) is -1.62. The second kappa shape index (κ2) is 12.2. The van der Waals surface area contributed by atoms with Crippen molar-refractivity contribution in [3.63, 3.8) is 0 Å². The number of likely N-dealkylation sites (N-methyl/N-ethyl adjacent to an activating group) is 2. The number of amides is 5. The molecule has 1 aliphatic heterocycles. The number of carbonyl (C=O) groups excluding carboxylic acids is 5. The highest BCUT2D eigenvalue weighted by Crippen LogP contribution is 2.15. The van der Waals surface area contributed by atoms with Crippen molar-refractivity contribution in [1.82, 2.24) is 20.4 Å². The molecule has 31 heavy (non-hydrogen) atoms. The van der Waals surface area contributed by atoms with Crippen LogP contribution in [0, 0.1) is 11.8 Å². The summed E-state index contributed by atoms with van der Waals surface area (Å²) in [4.78, 5) is 63.3. The summed E-state index contributed by atoms with van der Waals surface area (Å²) in [6, 6.07) is -1.36. The maximum atomic E-state index is 12.9. The first-order chi connectivity index (χ1) is 14.5. The predicted molar refractivity (Wildman–Crippen MR) is 117 cm³/mol. The van der Waals surface area contributed by atoms with Crippen molar-refractivity contribution in [2.24, 2.45) is 11.8 Å². The Bertz CT molecular complexity index is 699. The topological polar surface area (TPSA) is 116 Å². The zero-order chi connectivity index (χ0) is 23.7. The van der Waals surface area contributed by atoms with Crippen LogP contribution in [-0.2, 0) is 24.0 Å². The van der Waals surface area contributed by atoms with Gasteiger partial charge in [0.15, 0.2) is 0 Å². The molecule has 0 aromatic carbocycles. The van der Waals surface area contributed by atoms with E-state index in [0.717, 1.165) is 0 Å². The lowest BCUT2D eigenvalue weighted by molar-refractivity contribution is -0.142. The highest BCUT2D eigenvalue weighted by molar-refractivity contribution is 6.12. The molecule has 174 valence electrons. The maximum Gasteiger partial charge on any atom is 0.253 e. The summed E-state index contributed by atoms with van der Waals surface area (Å²) in [5, 5.41) is 5.33. The molecular weight excluding hydrogens is 400 g/mol. The van der Waals surface area contributed by atoms with Crippen LogP contribution in [0.3, 0.4) is 0 Å². The maximum absolute atomic E-state index is 12.9. The predicted octanol–water partition coefficient (Wildman–Crippen LogP) is 0.842. The first-order valence-electron chi connectivity index (χ1n) is 10.8. The summed E-state index contributed by atoms with van der Waals surface area (Å²) in [5.41, 5.74) is 0. The number of hydrogen-bond acceptors (Lipinski definition) is 5. The molecule has 0 saturated heterocycles. The molecule has 0 saturated carbocycles. The largest absolute Gasteiger partial charge is 0.357 e. The van der Waals surface area contributed by atoms with Gasteiger partial charge in [-0.2, -0.15) is 0 Å². The Morgan fingerprint density at radius 1 is 0.935 bits per heavy atom. The lowest BCUT2D eigenvalue weighted by Gasteiger charge is -2.32. The molecular formula is C22H36N4O5. The van der Waals surface area contributed by atoms with Crippen LogP contribution in [-0.4, -0.2) is 72.1 Å². The molecule has 0 fully saturated rings. The van der Waals surface area contributed by atoms with Crippen LogP contribution in [0.2, 0.25) is 0 Å². The van der Waals surface area contributed by atoms with Gasteiger partial charge in [-0.3, -0.25) is 28.9 Å². The highest BCUT2D eigenvalue weighted by Gasteiger charge is 2.33. The molecule has 0 unspecified atom stereocenters. The molecule has 9 nitrogen and oxygen atoms in total. The van der Waals surface area contributed by atoms with Crippen LogP contribution in [0.15, 0.2) is 12.2 Å². The monoisotopic (exact) mass is 436 g/mol. The molecule has 0 aromatic rings. The van der Waals surface area contributed by atoms with E-state index in [1.165, 1.54) is 29.0 Å². The Labute approximate surface area is 184 Å².